The normalized spacial score (nSPS) is 20.5. The molecule has 2 unspecified atom stereocenters. The number of nitrogens with two attached hydrogens (primary N) is 1. The van der Waals surface area contributed by atoms with Gasteiger partial charge in [-0.15, -0.1) is 5.10 Å². The molecule has 8 nitrogen and oxygen atoms in total. The molecular formula is C15H20N6O2. The molecule has 8 heteroatoms. The molecule has 0 bridgehead atoms. The Balaban J connectivity index is 1.84. The fraction of sp³-hybridized carbons (Fsp3) is 0.467. The molecule has 0 spiro atoms. The number of tetrazole rings is 1. The van der Waals surface area contributed by atoms with Crippen molar-refractivity contribution in [3.63, 3.8) is 0 Å². The summed E-state index contributed by atoms with van der Waals surface area (Å²) in [4.78, 5) is 12.3. The fourth-order valence-corrected chi connectivity index (χ4v) is 2.89. The van der Waals surface area contributed by atoms with Gasteiger partial charge in [-0.3, -0.25) is 4.79 Å². The van der Waals surface area contributed by atoms with Crippen molar-refractivity contribution in [2.24, 2.45) is 11.7 Å². The van der Waals surface area contributed by atoms with E-state index in [2.05, 4.69) is 20.8 Å². The van der Waals surface area contributed by atoms with Crippen molar-refractivity contribution in [2.45, 2.75) is 32.2 Å². The second kappa shape index (κ2) is 6.33. The molecule has 1 aliphatic rings. The zero-order chi connectivity index (χ0) is 16.4. The zero-order valence-electron chi connectivity index (χ0n) is 13.2. The molecule has 1 aliphatic carbocycles. The number of nitrogens with one attached hydrogen (secondary N) is 1. The molecule has 2 atom stereocenters. The average Bonchev–Trinajstić information content (AvgIpc) is 3.15. The van der Waals surface area contributed by atoms with Gasteiger partial charge in [0.2, 0.25) is 5.91 Å². The Morgan fingerprint density at radius 3 is 2.87 bits per heavy atom. The number of nitrogens with zero attached hydrogens (tertiary/aromatic N) is 4. The van der Waals surface area contributed by atoms with E-state index in [-0.39, 0.29) is 17.9 Å². The number of aromatic nitrogens is 4. The molecule has 1 saturated carbocycles. The van der Waals surface area contributed by atoms with Crippen LogP contribution < -0.4 is 15.8 Å². The summed E-state index contributed by atoms with van der Waals surface area (Å²) in [5.74, 6) is 1.24. The molecule has 1 amide bonds. The van der Waals surface area contributed by atoms with Crippen molar-refractivity contribution >= 4 is 11.6 Å². The van der Waals surface area contributed by atoms with Crippen molar-refractivity contribution in [1.29, 1.82) is 0 Å². The van der Waals surface area contributed by atoms with Crippen LogP contribution in [0.4, 0.5) is 5.69 Å². The van der Waals surface area contributed by atoms with E-state index in [1.165, 1.54) is 0 Å². The number of hydrogen-bond donors (Lipinski definition) is 2. The highest BCUT2D eigenvalue weighted by Crippen LogP contribution is 2.29. The molecule has 1 heterocycles. The third-order valence-electron chi connectivity index (χ3n) is 4.14. The summed E-state index contributed by atoms with van der Waals surface area (Å²) in [6, 6.07) is 5.51. The molecule has 1 aromatic carbocycles. The first-order valence-electron chi connectivity index (χ1n) is 7.58. The number of rotatable bonds is 4. The van der Waals surface area contributed by atoms with E-state index in [0.717, 1.165) is 19.3 Å². The Morgan fingerprint density at radius 2 is 2.26 bits per heavy atom. The second-order valence-corrected chi connectivity index (χ2v) is 5.78. The zero-order valence-corrected chi connectivity index (χ0v) is 13.2. The summed E-state index contributed by atoms with van der Waals surface area (Å²) in [5, 5.41) is 14.4. The van der Waals surface area contributed by atoms with E-state index >= 15 is 0 Å². The Labute approximate surface area is 134 Å². The Kier molecular flexibility index (Phi) is 4.24. The van der Waals surface area contributed by atoms with Crippen molar-refractivity contribution < 1.29 is 9.53 Å². The lowest BCUT2D eigenvalue weighted by Gasteiger charge is -2.14. The summed E-state index contributed by atoms with van der Waals surface area (Å²) in [6.45, 7) is 1.80. The number of methoxy groups -OCH3 is 1. The number of hydrogen-bond acceptors (Lipinski definition) is 6. The van der Waals surface area contributed by atoms with Crippen molar-refractivity contribution in [1.82, 2.24) is 20.2 Å². The van der Waals surface area contributed by atoms with Gasteiger partial charge < -0.3 is 15.8 Å². The van der Waals surface area contributed by atoms with Gasteiger partial charge in [0.1, 0.15) is 11.4 Å². The number of ether oxygens (including phenoxy) is 1. The molecule has 0 aliphatic heterocycles. The SMILES string of the molecule is COc1ccc(NC(=O)C2CCC(N)C2)cc1-n1nnnc1C. The van der Waals surface area contributed by atoms with Crippen LogP contribution in [-0.2, 0) is 4.79 Å². The first-order chi connectivity index (χ1) is 11.1. The lowest BCUT2D eigenvalue weighted by molar-refractivity contribution is -0.119. The minimum Gasteiger partial charge on any atom is -0.494 e. The van der Waals surface area contributed by atoms with E-state index in [1.54, 1.807) is 36.9 Å². The standard InChI is InChI=1S/C15H20N6O2/c1-9-18-19-20-21(9)13-8-12(5-6-14(13)23-2)17-15(22)10-3-4-11(16)7-10/h5-6,8,10-11H,3-4,7,16H2,1-2H3,(H,17,22). The maximum absolute atomic E-state index is 12.3. The summed E-state index contributed by atoms with van der Waals surface area (Å²) >= 11 is 0. The molecule has 3 N–H and O–H groups in total. The monoisotopic (exact) mass is 316 g/mol. The third kappa shape index (κ3) is 3.16. The predicted molar refractivity (Wildman–Crippen MR) is 84.4 cm³/mol. The predicted octanol–water partition coefficient (Wildman–Crippen LogP) is 1.05. The molecular weight excluding hydrogens is 296 g/mol. The van der Waals surface area contributed by atoms with Crippen LogP contribution in [0.15, 0.2) is 18.2 Å². The fourth-order valence-electron chi connectivity index (χ4n) is 2.89. The highest BCUT2D eigenvalue weighted by Gasteiger charge is 2.27. The van der Waals surface area contributed by atoms with Crippen LogP contribution in [-0.4, -0.2) is 39.3 Å². The number of carbonyl (C=O) groups excluding carboxylic acids is 1. The van der Waals surface area contributed by atoms with Crippen LogP contribution in [0, 0.1) is 12.8 Å². The minimum atomic E-state index is -0.0228. The van der Waals surface area contributed by atoms with E-state index in [0.29, 0.717) is 22.9 Å². The van der Waals surface area contributed by atoms with Crippen LogP contribution in [0.25, 0.3) is 5.69 Å². The number of amides is 1. The number of benzene rings is 1. The third-order valence-corrected chi connectivity index (χ3v) is 4.14. The summed E-state index contributed by atoms with van der Waals surface area (Å²) in [7, 11) is 1.58. The van der Waals surface area contributed by atoms with E-state index in [9.17, 15) is 4.79 Å². The second-order valence-electron chi connectivity index (χ2n) is 5.78. The maximum Gasteiger partial charge on any atom is 0.227 e. The number of aryl methyl sites for hydroxylation is 1. The van der Waals surface area contributed by atoms with Crippen molar-refractivity contribution in [2.75, 3.05) is 12.4 Å². The van der Waals surface area contributed by atoms with Crippen molar-refractivity contribution in [3.05, 3.63) is 24.0 Å². The Morgan fingerprint density at radius 1 is 1.43 bits per heavy atom. The summed E-state index contributed by atoms with van der Waals surface area (Å²) in [5.41, 5.74) is 7.24. The van der Waals surface area contributed by atoms with Crippen molar-refractivity contribution in [3.8, 4) is 11.4 Å². The number of carbonyl (C=O) groups is 1. The molecule has 2 aromatic rings. The van der Waals surface area contributed by atoms with Gasteiger partial charge in [0.25, 0.3) is 0 Å². The van der Waals surface area contributed by atoms with Crippen LogP contribution in [0.3, 0.4) is 0 Å². The smallest absolute Gasteiger partial charge is 0.227 e. The Hall–Kier alpha value is -2.48. The molecule has 1 fully saturated rings. The van der Waals surface area contributed by atoms with Gasteiger partial charge in [-0.05, 0) is 54.8 Å². The van der Waals surface area contributed by atoms with Gasteiger partial charge in [-0.1, -0.05) is 0 Å². The van der Waals surface area contributed by atoms with Gasteiger partial charge >= 0.3 is 0 Å². The van der Waals surface area contributed by atoms with Gasteiger partial charge in [-0.2, -0.15) is 4.68 Å². The van der Waals surface area contributed by atoms with Gasteiger partial charge in [0, 0.05) is 17.6 Å². The lowest BCUT2D eigenvalue weighted by Crippen LogP contribution is -2.23. The highest BCUT2D eigenvalue weighted by molar-refractivity contribution is 5.93. The largest absolute Gasteiger partial charge is 0.494 e. The highest BCUT2D eigenvalue weighted by atomic mass is 16.5. The molecule has 23 heavy (non-hydrogen) atoms. The average molecular weight is 316 g/mol. The van der Waals surface area contributed by atoms with Crippen LogP contribution >= 0.6 is 0 Å². The van der Waals surface area contributed by atoms with Crippen LogP contribution in [0.2, 0.25) is 0 Å². The quantitative estimate of drug-likeness (QED) is 0.872. The molecule has 0 saturated heterocycles. The number of anilines is 1. The van der Waals surface area contributed by atoms with Gasteiger partial charge in [0.05, 0.1) is 7.11 Å². The van der Waals surface area contributed by atoms with Gasteiger partial charge in [0.15, 0.2) is 5.82 Å². The van der Waals surface area contributed by atoms with E-state index in [4.69, 9.17) is 10.5 Å². The van der Waals surface area contributed by atoms with E-state index in [1.807, 2.05) is 0 Å². The van der Waals surface area contributed by atoms with Crippen LogP contribution in [0.1, 0.15) is 25.1 Å². The lowest BCUT2D eigenvalue weighted by atomic mass is 10.1. The molecule has 122 valence electrons. The topological polar surface area (TPSA) is 108 Å². The van der Waals surface area contributed by atoms with E-state index < -0.39 is 0 Å². The molecule has 0 radical (unpaired) electrons. The first-order valence-corrected chi connectivity index (χ1v) is 7.58. The van der Waals surface area contributed by atoms with Gasteiger partial charge in [-0.25, -0.2) is 0 Å². The summed E-state index contributed by atoms with van der Waals surface area (Å²) in [6.07, 6.45) is 2.47. The first kappa shape index (κ1) is 15.4. The summed E-state index contributed by atoms with van der Waals surface area (Å²) < 4.78 is 6.92. The Bertz CT molecular complexity index is 714. The minimum absolute atomic E-state index is 0.00232. The van der Waals surface area contributed by atoms with Crippen LogP contribution in [0.5, 0.6) is 5.75 Å². The molecule has 1 aromatic heterocycles. The maximum atomic E-state index is 12.3. The molecule has 3 rings (SSSR count).